The summed E-state index contributed by atoms with van der Waals surface area (Å²) in [6.45, 7) is 3.62. The lowest BCUT2D eigenvalue weighted by Gasteiger charge is -2.40. The van der Waals surface area contributed by atoms with Crippen molar-refractivity contribution in [3.8, 4) is 5.75 Å². The number of nitrogens with one attached hydrogen (secondary N) is 1. The second kappa shape index (κ2) is 6.74. The number of morpholine rings is 1. The largest absolute Gasteiger partial charge is 0.493 e. The zero-order chi connectivity index (χ0) is 18.2. The normalized spacial score (nSPS) is 27.4. The van der Waals surface area contributed by atoms with Crippen LogP contribution in [0.3, 0.4) is 0 Å². The Morgan fingerprint density at radius 2 is 2.08 bits per heavy atom. The van der Waals surface area contributed by atoms with Gasteiger partial charge in [0, 0.05) is 24.1 Å². The second-order valence-electron chi connectivity index (χ2n) is 6.46. The predicted octanol–water partition coefficient (Wildman–Crippen LogP) is 2.91. The molecule has 1 saturated heterocycles. The van der Waals surface area contributed by atoms with Gasteiger partial charge in [-0.15, -0.1) is 0 Å². The van der Waals surface area contributed by atoms with E-state index in [9.17, 15) is 18.0 Å². The van der Waals surface area contributed by atoms with Crippen LogP contribution in [0.25, 0.3) is 0 Å². The maximum Gasteiger partial charge on any atom is 0.416 e. The van der Waals surface area contributed by atoms with Gasteiger partial charge in [-0.3, -0.25) is 0 Å². The van der Waals surface area contributed by atoms with E-state index < -0.39 is 24.4 Å². The van der Waals surface area contributed by atoms with Gasteiger partial charge in [0.25, 0.3) is 0 Å². The van der Waals surface area contributed by atoms with E-state index in [0.29, 0.717) is 6.61 Å². The number of carbonyl (C=O) groups excluding carboxylic acids is 1. The molecule has 8 heteroatoms. The average molecular weight is 358 g/mol. The summed E-state index contributed by atoms with van der Waals surface area (Å²) in [4.78, 5) is 13.7. The number of alkyl halides is 3. The Balaban J connectivity index is 1.66. The van der Waals surface area contributed by atoms with Gasteiger partial charge < -0.3 is 19.7 Å². The van der Waals surface area contributed by atoms with E-state index in [1.165, 1.54) is 11.8 Å². The van der Waals surface area contributed by atoms with Gasteiger partial charge in [0.1, 0.15) is 5.75 Å². The molecule has 2 heterocycles. The lowest BCUT2D eigenvalue weighted by Crippen LogP contribution is -2.60. The molecule has 25 heavy (non-hydrogen) atoms. The fourth-order valence-electron chi connectivity index (χ4n) is 3.42. The quantitative estimate of drug-likeness (QED) is 0.884. The number of hydrogen-bond donors (Lipinski definition) is 1. The third-order valence-electron chi connectivity index (χ3n) is 4.83. The highest BCUT2D eigenvalue weighted by Crippen LogP contribution is 2.35. The predicted molar refractivity (Wildman–Crippen MR) is 84.6 cm³/mol. The van der Waals surface area contributed by atoms with Gasteiger partial charge >= 0.3 is 12.2 Å². The van der Waals surface area contributed by atoms with Crippen LogP contribution in [0.15, 0.2) is 24.3 Å². The summed E-state index contributed by atoms with van der Waals surface area (Å²) in [5, 5.41) is 2.82. The van der Waals surface area contributed by atoms with Crippen molar-refractivity contribution in [2.24, 2.45) is 0 Å². The molecule has 138 valence electrons. The Bertz CT molecular complexity index is 638. The van der Waals surface area contributed by atoms with Gasteiger partial charge in [-0.2, -0.15) is 13.2 Å². The van der Waals surface area contributed by atoms with E-state index in [1.54, 1.807) is 0 Å². The first-order chi connectivity index (χ1) is 11.8. The number of benzene rings is 1. The molecule has 0 saturated carbocycles. The van der Waals surface area contributed by atoms with Crippen molar-refractivity contribution in [2.75, 3.05) is 19.8 Å². The molecular weight excluding hydrogens is 337 g/mol. The summed E-state index contributed by atoms with van der Waals surface area (Å²) in [5.74, 6) is 0.750. The smallest absolute Gasteiger partial charge is 0.416 e. The molecule has 0 aromatic heterocycles. The number of urea groups is 1. The van der Waals surface area contributed by atoms with Crippen LogP contribution in [0.2, 0.25) is 0 Å². The first-order valence-electron chi connectivity index (χ1n) is 8.26. The Hall–Kier alpha value is -1.96. The molecule has 0 bridgehead atoms. The first-order valence-corrected chi connectivity index (χ1v) is 8.26. The van der Waals surface area contributed by atoms with Crippen LogP contribution >= 0.6 is 0 Å². The number of fused-ring (bicyclic) bond motifs is 1. The third-order valence-corrected chi connectivity index (χ3v) is 4.83. The lowest BCUT2D eigenvalue weighted by molar-refractivity contribution is -0.246. The van der Waals surface area contributed by atoms with Crippen LogP contribution < -0.4 is 10.1 Å². The van der Waals surface area contributed by atoms with E-state index in [0.717, 1.165) is 11.3 Å². The van der Waals surface area contributed by atoms with Gasteiger partial charge in [0.05, 0.1) is 19.3 Å². The molecule has 1 aromatic carbocycles. The van der Waals surface area contributed by atoms with E-state index >= 15 is 0 Å². The fourth-order valence-corrected chi connectivity index (χ4v) is 3.42. The van der Waals surface area contributed by atoms with Crippen LogP contribution in [0.1, 0.15) is 25.3 Å². The first kappa shape index (κ1) is 17.8. The number of ether oxygens (including phenoxy) is 2. The zero-order valence-electron chi connectivity index (χ0n) is 14.0. The molecule has 2 amide bonds. The highest BCUT2D eigenvalue weighted by Gasteiger charge is 2.49. The number of hydrogen-bond acceptors (Lipinski definition) is 3. The summed E-state index contributed by atoms with van der Waals surface area (Å²) in [6.07, 6.45) is -6.46. The molecule has 3 rings (SSSR count). The van der Waals surface area contributed by atoms with E-state index in [2.05, 4.69) is 5.32 Å². The highest BCUT2D eigenvalue weighted by atomic mass is 19.4. The average Bonchev–Trinajstić information content (AvgIpc) is 2.98. The molecule has 5 nitrogen and oxygen atoms in total. The molecule has 0 aliphatic carbocycles. The molecule has 2 aliphatic heterocycles. The molecule has 1 fully saturated rings. The number of amides is 2. The van der Waals surface area contributed by atoms with Crippen molar-refractivity contribution >= 4 is 6.03 Å². The Kier molecular flexibility index (Phi) is 4.81. The third kappa shape index (κ3) is 3.53. The SMILES string of the molecule is CC(NC(=O)N1CCOC(C(F)(F)F)C1C)C1COc2ccccc21. The number of rotatable bonds is 2. The van der Waals surface area contributed by atoms with Crippen molar-refractivity contribution in [2.45, 2.75) is 44.1 Å². The second-order valence-corrected chi connectivity index (χ2v) is 6.46. The standard InChI is InChI=1S/C17H21F3N2O3/c1-10(13-9-25-14-6-4-3-5-12(13)14)21-16(23)22-7-8-24-15(11(22)2)17(18,19)20/h3-6,10-11,13,15H,7-9H2,1-2H3,(H,21,23). The fraction of sp³-hybridized carbons (Fsp3) is 0.588. The summed E-state index contributed by atoms with van der Waals surface area (Å²) in [5.41, 5.74) is 0.999. The van der Waals surface area contributed by atoms with Crippen molar-refractivity contribution in [1.29, 1.82) is 0 Å². The van der Waals surface area contributed by atoms with Gasteiger partial charge in [-0.05, 0) is 19.9 Å². The van der Waals surface area contributed by atoms with Gasteiger partial charge in [0.2, 0.25) is 0 Å². The molecular formula is C17H21F3N2O3. The van der Waals surface area contributed by atoms with Crippen molar-refractivity contribution in [1.82, 2.24) is 10.2 Å². The van der Waals surface area contributed by atoms with Crippen LogP contribution in [0.4, 0.5) is 18.0 Å². The molecule has 0 spiro atoms. The molecule has 1 aromatic rings. The van der Waals surface area contributed by atoms with E-state index in [4.69, 9.17) is 9.47 Å². The number of para-hydroxylation sites is 1. The minimum absolute atomic E-state index is 0.0325. The van der Waals surface area contributed by atoms with Crippen LogP contribution in [-0.2, 0) is 4.74 Å². The van der Waals surface area contributed by atoms with Crippen LogP contribution in [-0.4, -0.2) is 55.1 Å². The molecule has 4 unspecified atom stereocenters. The summed E-state index contributed by atoms with van der Waals surface area (Å²) in [6, 6.07) is 5.71. The number of carbonyl (C=O) groups is 1. The minimum Gasteiger partial charge on any atom is -0.493 e. The zero-order valence-corrected chi connectivity index (χ0v) is 14.0. The van der Waals surface area contributed by atoms with Gasteiger partial charge in [-0.25, -0.2) is 4.79 Å². The van der Waals surface area contributed by atoms with Crippen molar-refractivity contribution < 1.29 is 27.4 Å². The van der Waals surface area contributed by atoms with Gasteiger partial charge in [-0.1, -0.05) is 18.2 Å². The van der Waals surface area contributed by atoms with Crippen molar-refractivity contribution in [3.05, 3.63) is 29.8 Å². The van der Waals surface area contributed by atoms with Crippen LogP contribution in [0, 0.1) is 0 Å². The van der Waals surface area contributed by atoms with Crippen molar-refractivity contribution in [3.63, 3.8) is 0 Å². The Morgan fingerprint density at radius 1 is 1.36 bits per heavy atom. The topological polar surface area (TPSA) is 50.8 Å². The molecule has 1 N–H and O–H groups in total. The maximum atomic E-state index is 13.0. The van der Waals surface area contributed by atoms with E-state index in [1.807, 2.05) is 31.2 Å². The maximum absolute atomic E-state index is 13.0. The number of halogens is 3. The Morgan fingerprint density at radius 3 is 2.80 bits per heavy atom. The number of nitrogens with zero attached hydrogens (tertiary/aromatic N) is 1. The Labute approximate surface area is 144 Å². The van der Waals surface area contributed by atoms with Crippen LogP contribution in [0.5, 0.6) is 5.75 Å². The molecule has 4 atom stereocenters. The lowest BCUT2D eigenvalue weighted by atomic mass is 9.94. The minimum atomic E-state index is -4.50. The summed E-state index contributed by atoms with van der Waals surface area (Å²) >= 11 is 0. The summed E-state index contributed by atoms with van der Waals surface area (Å²) in [7, 11) is 0. The summed E-state index contributed by atoms with van der Waals surface area (Å²) < 4.78 is 49.4. The molecule has 2 aliphatic rings. The monoisotopic (exact) mass is 358 g/mol. The molecule has 0 radical (unpaired) electrons. The van der Waals surface area contributed by atoms with Gasteiger partial charge in [0.15, 0.2) is 6.10 Å². The van der Waals surface area contributed by atoms with E-state index in [-0.39, 0.29) is 25.1 Å². The highest BCUT2D eigenvalue weighted by molar-refractivity contribution is 5.75.